The zero-order chi connectivity index (χ0) is 16.0. The van der Waals surface area contributed by atoms with Crippen LogP contribution >= 0.6 is 0 Å². The average molecular weight is 294 g/mol. The van der Waals surface area contributed by atoms with Gasteiger partial charge in [-0.2, -0.15) is 0 Å². The van der Waals surface area contributed by atoms with Crippen molar-refractivity contribution < 1.29 is 14.6 Å². The number of rotatable bonds is 6. The zero-order valence-electron chi connectivity index (χ0n) is 13.4. The number of methoxy groups -OCH3 is 1. The first-order chi connectivity index (χ1) is 9.73. The van der Waals surface area contributed by atoms with E-state index in [2.05, 4.69) is 10.6 Å². The molecular weight excluding hydrogens is 268 g/mol. The van der Waals surface area contributed by atoms with Crippen molar-refractivity contribution in [3.8, 4) is 5.75 Å². The van der Waals surface area contributed by atoms with Crippen LogP contribution < -0.4 is 15.4 Å². The van der Waals surface area contributed by atoms with E-state index < -0.39 is 6.10 Å². The van der Waals surface area contributed by atoms with Gasteiger partial charge in [0, 0.05) is 12.1 Å². The fourth-order valence-electron chi connectivity index (χ4n) is 1.83. The van der Waals surface area contributed by atoms with Gasteiger partial charge >= 0.3 is 0 Å². The number of ether oxygens (including phenoxy) is 1. The maximum Gasteiger partial charge on any atom is 0.237 e. The Morgan fingerprint density at radius 1 is 1.38 bits per heavy atom. The van der Waals surface area contributed by atoms with Crippen LogP contribution in [0, 0.1) is 0 Å². The molecule has 0 aromatic heterocycles. The summed E-state index contributed by atoms with van der Waals surface area (Å²) in [4.78, 5) is 11.9. The maximum atomic E-state index is 11.9. The van der Waals surface area contributed by atoms with Crippen molar-refractivity contribution in [2.75, 3.05) is 13.7 Å². The SMILES string of the molecule is COc1cccc(C(O)CNC(C)C(=O)NC(C)(C)C)c1. The Hall–Kier alpha value is -1.59. The summed E-state index contributed by atoms with van der Waals surface area (Å²) in [5, 5.41) is 16.1. The van der Waals surface area contributed by atoms with Gasteiger partial charge in [0.15, 0.2) is 0 Å². The summed E-state index contributed by atoms with van der Waals surface area (Å²) in [7, 11) is 1.59. The molecule has 0 spiro atoms. The first-order valence-corrected chi connectivity index (χ1v) is 7.10. The van der Waals surface area contributed by atoms with Crippen molar-refractivity contribution in [2.45, 2.75) is 45.4 Å². The smallest absolute Gasteiger partial charge is 0.237 e. The molecule has 1 rings (SSSR count). The third kappa shape index (κ3) is 6.14. The molecule has 0 heterocycles. The van der Waals surface area contributed by atoms with Gasteiger partial charge in [0.2, 0.25) is 5.91 Å². The number of benzene rings is 1. The van der Waals surface area contributed by atoms with Gasteiger partial charge in [-0.25, -0.2) is 0 Å². The quantitative estimate of drug-likeness (QED) is 0.745. The summed E-state index contributed by atoms with van der Waals surface area (Å²) < 4.78 is 5.13. The number of hydrogen-bond acceptors (Lipinski definition) is 4. The predicted molar refractivity (Wildman–Crippen MR) is 83.3 cm³/mol. The van der Waals surface area contributed by atoms with Crippen LogP contribution in [-0.4, -0.2) is 36.2 Å². The lowest BCUT2D eigenvalue weighted by molar-refractivity contribution is -0.124. The van der Waals surface area contributed by atoms with Crippen LogP contribution in [0.3, 0.4) is 0 Å². The standard InChI is InChI=1S/C16H26N2O3/c1-11(15(20)18-16(2,3)4)17-10-14(19)12-7-6-8-13(9-12)21-5/h6-9,11,14,17,19H,10H2,1-5H3,(H,18,20). The molecule has 1 amide bonds. The molecule has 0 aliphatic heterocycles. The van der Waals surface area contributed by atoms with Gasteiger partial charge in [0.1, 0.15) is 5.75 Å². The van der Waals surface area contributed by atoms with Crippen LogP contribution in [0.5, 0.6) is 5.75 Å². The molecule has 0 bridgehead atoms. The second-order valence-corrected chi connectivity index (χ2v) is 6.16. The van der Waals surface area contributed by atoms with Gasteiger partial charge in [-0.05, 0) is 45.4 Å². The molecule has 2 atom stereocenters. The lowest BCUT2D eigenvalue weighted by atomic mass is 10.1. The van der Waals surface area contributed by atoms with Gasteiger partial charge in [-0.3, -0.25) is 4.79 Å². The molecule has 0 saturated heterocycles. The molecule has 0 aliphatic carbocycles. The molecule has 3 N–H and O–H groups in total. The fourth-order valence-corrected chi connectivity index (χ4v) is 1.83. The van der Waals surface area contributed by atoms with E-state index in [1.807, 2.05) is 39.0 Å². The number of carbonyl (C=O) groups is 1. The minimum atomic E-state index is -0.690. The highest BCUT2D eigenvalue weighted by molar-refractivity contribution is 5.81. The number of hydrogen-bond donors (Lipinski definition) is 3. The molecule has 1 aromatic carbocycles. The molecule has 5 nitrogen and oxygen atoms in total. The first-order valence-electron chi connectivity index (χ1n) is 7.10. The summed E-state index contributed by atoms with van der Waals surface area (Å²) in [6.07, 6.45) is -0.690. The number of amides is 1. The van der Waals surface area contributed by atoms with Crippen molar-refractivity contribution in [3.63, 3.8) is 0 Å². The summed E-state index contributed by atoms with van der Waals surface area (Å²) in [6.45, 7) is 7.87. The van der Waals surface area contributed by atoms with Crippen molar-refractivity contribution >= 4 is 5.91 Å². The van der Waals surface area contributed by atoms with Gasteiger partial charge in [-0.15, -0.1) is 0 Å². The third-order valence-electron chi connectivity index (χ3n) is 2.99. The van der Waals surface area contributed by atoms with Crippen LogP contribution in [0.4, 0.5) is 0 Å². The van der Waals surface area contributed by atoms with Crippen molar-refractivity contribution in [1.82, 2.24) is 10.6 Å². The number of aliphatic hydroxyl groups is 1. The van der Waals surface area contributed by atoms with Crippen molar-refractivity contribution in [1.29, 1.82) is 0 Å². The number of aliphatic hydroxyl groups excluding tert-OH is 1. The Morgan fingerprint density at radius 2 is 2.05 bits per heavy atom. The predicted octanol–water partition coefficient (Wildman–Crippen LogP) is 1.62. The van der Waals surface area contributed by atoms with E-state index in [0.29, 0.717) is 12.3 Å². The van der Waals surface area contributed by atoms with E-state index in [0.717, 1.165) is 5.56 Å². The van der Waals surface area contributed by atoms with Gasteiger partial charge in [0.25, 0.3) is 0 Å². The van der Waals surface area contributed by atoms with E-state index in [1.54, 1.807) is 20.1 Å². The molecule has 118 valence electrons. The number of carbonyl (C=O) groups excluding carboxylic acids is 1. The Bertz CT molecular complexity index is 469. The Morgan fingerprint density at radius 3 is 2.62 bits per heavy atom. The Balaban J connectivity index is 2.52. The second-order valence-electron chi connectivity index (χ2n) is 6.16. The van der Waals surface area contributed by atoms with Gasteiger partial charge in [0.05, 0.1) is 19.3 Å². The van der Waals surface area contributed by atoms with Crippen LogP contribution in [0.25, 0.3) is 0 Å². The monoisotopic (exact) mass is 294 g/mol. The van der Waals surface area contributed by atoms with Crippen LogP contribution in [0.1, 0.15) is 39.4 Å². The van der Waals surface area contributed by atoms with Crippen molar-refractivity contribution in [2.24, 2.45) is 0 Å². The maximum absolute atomic E-state index is 11.9. The van der Waals surface area contributed by atoms with E-state index in [9.17, 15) is 9.90 Å². The molecule has 1 aromatic rings. The third-order valence-corrected chi connectivity index (χ3v) is 2.99. The highest BCUT2D eigenvalue weighted by atomic mass is 16.5. The average Bonchev–Trinajstić information content (AvgIpc) is 2.42. The summed E-state index contributed by atoms with van der Waals surface area (Å²) in [5.74, 6) is 0.616. The lowest BCUT2D eigenvalue weighted by Gasteiger charge is -2.24. The lowest BCUT2D eigenvalue weighted by Crippen LogP contribution is -2.50. The molecule has 0 saturated carbocycles. The number of nitrogens with one attached hydrogen (secondary N) is 2. The van der Waals surface area contributed by atoms with E-state index in [4.69, 9.17) is 4.74 Å². The van der Waals surface area contributed by atoms with Gasteiger partial charge < -0.3 is 20.5 Å². The second kappa shape index (κ2) is 7.43. The molecule has 21 heavy (non-hydrogen) atoms. The molecule has 0 radical (unpaired) electrons. The highest BCUT2D eigenvalue weighted by Crippen LogP contribution is 2.18. The topological polar surface area (TPSA) is 70.6 Å². The van der Waals surface area contributed by atoms with Crippen LogP contribution in [0.15, 0.2) is 24.3 Å². The Kier molecular flexibility index (Phi) is 6.18. The van der Waals surface area contributed by atoms with Crippen molar-refractivity contribution in [3.05, 3.63) is 29.8 Å². The molecule has 0 aliphatic rings. The van der Waals surface area contributed by atoms with Crippen LogP contribution in [0.2, 0.25) is 0 Å². The molecule has 0 fully saturated rings. The molecule has 2 unspecified atom stereocenters. The Labute approximate surface area is 126 Å². The molecule has 5 heteroatoms. The first kappa shape index (κ1) is 17.5. The van der Waals surface area contributed by atoms with Gasteiger partial charge in [-0.1, -0.05) is 12.1 Å². The minimum Gasteiger partial charge on any atom is -0.497 e. The summed E-state index contributed by atoms with van der Waals surface area (Å²) >= 11 is 0. The summed E-state index contributed by atoms with van der Waals surface area (Å²) in [6, 6.07) is 6.89. The van der Waals surface area contributed by atoms with Crippen LogP contribution in [-0.2, 0) is 4.79 Å². The van der Waals surface area contributed by atoms with E-state index >= 15 is 0 Å². The minimum absolute atomic E-state index is 0.0830. The zero-order valence-corrected chi connectivity index (χ0v) is 13.4. The van der Waals surface area contributed by atoms with E-state index in [-0.39, 0.29) is 17.5 Å². The molecular formula is C16H26N2O3. The normalized spacial score (nSPS) is 14.4. The fraction of sp³-hybridized carbons (Fsp3) is 0.562. The largest absolute Gasteiger partial charge is 0.497 e. The summed E-state index contributed by atoms with van der Waals surface area (Å²) in [5.41, 5.74) is 0.489. The van der Waals surface area contributed by atoms with E-state index in [1.165, 1.54) is 0 Å². The highest BCUT2D eigenvalue weighted by Gasteiger charge is 2.19.